The summed E-state index contributed by atoms with van der Waals surface area (Å²) < 4.78 is 29.5. The van der Waals surface area contributed by atoms with Gasteiger partial charge in [0, 0.05) is 29.6 Å². The third-order valence-electron chi connectivity index (χ3n) is 6.59. The largest absolute Gasteiger partial charge is 0.489 e. The van der Waals surface area contributed by atoms with Crippen LogP contribution < -0.4 is 15.2 Å². The summed E-state index contributed by atoms with van der Waals surface area (Å²) in [5, 5.41) is 10.9. The molecule has 0 unspecified atom stereocenters. The monoisotopic (exact) mass is 557 g/mol. The lowest BCUT2D eigenvalue weighted by Gasteiger charge is -2.34. The summed E-state index contributed by atoms with van der Waals surface area (Å²) in [6, 6.07) is 8.58. The number of thiazole rings is 1. The number of anilines is 2. The van der Waals surface area contributed by atoms with Gasteiger partial charge in [0.2, 0.25) is 10.0 Å². The molecule has 204 valence electrons. The highest BCUT2D eigenvalue weighted by Crippen LogP contribution is 2.34. The minimum atomic E-state index is -3.88. The number of benzene rings is 1. The van der Waals surface area contributed by atoms with Gasteiger partial charge in [-0.15, -0.1) is 11.3 Å². The van der Waals surface area contributed by atoms with Crippen molar-refractivity contribution >= 4 is 38.0 Å². The maximum absolute atomic E-state index is 12.8. The minimum absolute atomic E-state index is 0.0252. The molecular weight excluding hydrogens is 522 g/mol. The van der Waals surface area contributed by atoms with Gasteiger partial charge in [-0.05, 0) is 89.9 Å². The van der Waals surface area contributed by atoms with E-state index in [0.29, 0.717) is 46.3 Å². The molecule has 9 nitrogen and oxygen atoms in total. The van der Waals surface area contributed by atoms with E-state index in [1.54, 1.807) is 18.3 Å². The summed E-state index contributed by atoms with van der Waals surface area (Å²) in [5.41, 5.74) is 2.40. The highest BCUT2D eigenvalue weighted by Gasteiger charge is 2.24. The number of ketones is 1. The van der Waals surface area contributed by atoms with Crippen LogP contribution in [0.4, 0.5) is 10.8 Å². The lowest BCUT2D eigenvalue weighted by molar-refractivity contribution is 0.0907. The van der Waals surface area contributed by atoms with E-state index in [0.717, 1.165) is 31.5 Å². The molecule has 2 aromatic heterocycles. The van der Waals surface area contributed by atoms with E-state index in [-0.39, 0.29) is 16.8 Å². The molecule has 3 heterocycles. The van der Waals surface area contributed by atoms with E-state index in [9.17, 15) is 13.2 Å². The number of rotatable bonds is 10. The topological polar surface area (TPSA) is 128 Å². The van der Waals surface area contributed by atoms with Gasteiger partial charge in [-0.1, -0.05) is 0 Å². The van der Waals surface area contributed by atoms with E-state index in [2.05, 4.69) is 34.0 Å². The first-order valence-corrected chi connectivity index (χ1v) is 15.2. The summed E-state index contributed by atoms with van der Waals surface area (Å²) in [6.07, 6.45) is 4.17. The predicted molar refractivity (Wildman–Crippen MR) is 151 cm³/mol. The Balaban J connectivity index is 1.43. The Morgan fingerprint density at radius 2 is 1.92 bits per heavy atom. The van der Waals surface area contributed by atoms with Crippen LogP contribution in [-0.2, 0) is 10.0 Å². The zero-order valence-corrected chi connectivity index (χ0v) is 23.8. The molecule has 38 heavy (non-hydrogen) atoms. The third kappa shape index (κ3) is 7.16. The molecule has 1 aliphatic heterocycles. The van der Waals surface area contributed by atoms with Gasteiger partial charge in [0.1, 0.15) is 11.4 Å². The number of carbonyl (C=O) groups excluding carboxylic acids is 1. The number of carbonyl (C=O) groups is 1. The van der Waals surface area contributed by atoms with Crippen molar-refractivity contribution in [3.63, 3.8) is 0 Å². The van der Waals surface area contributed by atoms with Gasteiger partial charge in [0.15, 0.2) is 10.9 Å². The third-order valence-corrected chi connectivity index (χ3v) is 8.26. The Labute approximate surface area is 228 Å². The number of likely N-dealkylation sites (tertiary alicyclic amines) is 1. The molecule has 1 aliphatic rings. The lowest BCUT2D eigenvalue weighted by Crippen LogP contribution is -2.38. The molecule has 3 N–H and O–H groups in total. The first-order valence-electron chi connectivity index (χ1n) is 12.8. The molecule has 0 atom stereocenters. The lowest BCUT2D eigenvalue weighted by atomic mass is 9.90. The van der Waals surface area contributed by atoms with Crippen LogP contribution in [0.3, 0.4) is 0 Å². The number of pyridine rings is 1. The number of nitrogens with one attached hydrogen (secondary N) is 1. The van der Waals surface area contributed by atoms with Gasteiger partial charge < -0.3 is 15.0 Å². The second-order valence-electron chi connectivity index (χ2n) is 10.2. The number of hydrogen-bond acceptors (Lipinski definition) is 9. The number of hydrogen-bond donors (Lipinski definition) is 2. The molecule has 0 aliphatic carbocycles. The van der Waals surface area contributed by atoms with E-state index >= 15 is 0 Å². The average Bonchev–Trinajstić information content (AvgIpc) is 3.33. The van der Waals surface area contributed by atoms with Crippen LogP contribution in [-0.4, -0.2) is 54.3 Å². The zero-order valence-electron chi connectivity index (χ0n) is 22.2. The summed E-state index contributed by atoms with van der Waals surface area (Å²) in [5.74, 6) is 0.972. The first-order chi connectivity index (χ1) is 18.0. The van der Waals surface area contributed by atoms with Crippen LogP contribution in [0.2, 0.25) is 0 Å². The van der Waals surface area contributed by atoms with Gasteiger partial charge in [-0.2, -0.15) is 0 Å². The molecule has 3 aromatic rings. The second kappa shape index (κ2) is 11.9. The van der Waals surface area contributed by atoms with Crippen LogP contribution in [0.15, 0.2) is 46.8 Å². The number of sulfonamides is 1. The molecule has 1 saturated heterocycles. The van der Waals surface area contributed by atoms with Gasteiger partial charge in [-0.25, -0.2) is 18.5 Å². The summed E-state index contributed by atoms with van der Waals surface area (Å²) in [6.45, 7) is 10.3. The minimum Gasteiger partial charge on any atom is -0.489 e. The molecule has 0 spiro atoms. The molecule has 0 amide bonds. The van der Waals surface area contributed by atoms with Crippen molar-refractivity contribution in [3.05, 3.63) is 47.6 Å². The van der Waals surface area contributed by atoms with Crippen molar-refractivity contribution in [1.82, 2.24) is 14.9 Å². The number of piperidine rings is 1. The van der Waals surface area contributed by atoms with Crippen LogP contribution >= 0.6 is 11.3 Å². The molecule has 0 radical (unpaired) electrons. The average molecular weight is 558 g/mol. The molecule has 0 saturated carbocycles. The normalized spacial score (nSPS) is 15.2. The van der Waals surface area contributed by atoms with Gasteiger partial charge in [0.05, 0.1) is 22.4 Å². The SMILES string of the molecule is CC(C)Oc1ccc(S(N)(=O)=O)cc1Nc1nc(-c2ccc(C(=O)CC3CCN(C(C)C)CC3)nc2)cs1. The van der Waals surface area contributed by atoms with Crippen molar-refractivity contribution in [2.45, 2.75) is 64.0 Å². The number of ether oxygens (including phenoxy) is 1. The van der Waals surface area contributed by atoms with Crippen LogP contribution in [0, 0.1) is 5.92 Å². The quantitative estimate of drug-likeness (QED) is 0.331. The summed E-state index contributed by atoms with van der Waals surface area (Å²) in [7, 11) is -3.88. The van der Waals surface area contributed by atoms with Crippen molar-refractivity contribution < 1.29 is 17.9 Å². The molecule has 1 fully saturated rings. The molecule has 1 aromatic carbocycles. The van der Waals surface area contributed by atoms with Crippen molar-refractivity contribution in [2.24, 2.45) is 11.1 Å². The van der Waals surface area contributed by atoms with Crippen LogP contribution in [0.1, 0.15) is 57.4 Å². The van der Waals surface area contributed by atoms with Gasteiger partial charge in [0.25, 0.3) is 0 Å². The maximum Gasteiger partial charge on any atom is 0.238 e. The Hall–Kier alpha value is -2.86. The van der Waals surface area contributed by atoms with Crippen molar-refractivity contribution in [1.29, 1.82) is 0 Å². The van der Waals surface area contributed by atoms with Crippen LogP contribution in [0.25, 0.3) is 11.3 Å². The zero-order chi connectivity index (χ0) is 27.4. The number of nitrogens with two attached hydrogens (primary N) is 1. The molecule has 4 rings (SSSR count). The van der Waals surface area contributed by atoms with Crippen molar-refractivity contribution in [3.8, 4) is 17.0 Å². The standard InChI is InChI=1S/C27H35N5O4S2/c1-17(2)32-11-9-19(10-12-32)13-25(33)22-7-5-20(15-29-22)24-16-37-27(31-24)30-23-14-21(38(28,34)35)6-8-26(23)36-18(3)4/h5-8,14-19H,9-13H2,1-4H3,(H,30,31)(H2,28,34,35). The van der Waals surface area contributed by atoms with E-state index in [1.807, 2.05) is 25.3 Å². The Morgan fingerprint density at radius 3 is 2.53 bits per heavy atom. The molecule has 11 heteroatoms. The van der Waals surface area contributed by atoms with Crippen LogP contribution in [0.5, 0.6) is 5.75 Å². The fraction of sp³-hybridized carbons (Fsp3) is 0.444. The highest BCUT2D eigenvalue weighted by molar-refractivity contribution is 7.89. The number of nitrogens with zero attached hydrogens (tertiary/aromatic N) is 3. The fourth-order valence-corrected chi connectivity index (χ4v) is 5.74. The van der Waals surface area contributed by atoms with Gasteiger partial charge >= 0.3 is 0 Å². The Kier molecular flexibility index (Phi) is 8.81. The predicted octanol–water partition coefficient (Wildman–Crippen LogP) is 5.08. The molecule has 0 bridgehead atoms. The van der Waals surface area contributed by atoms with Gasteiger partial charge in [-0.3, -0.25) is 9.78 Å². The number of primary sulfonamides is 1. The van der Waals surface area contributed by atoms with E-state index in [1.165, 1.54) is 23.5 Å². The number of aromatic nitrogens is 2. The Bertz CT molecular complexity index is 1360. The smallest absolute Gasteiger partial charge is 0.238 e. The van der Waals surface area contributed by atoms with Crippen molar-refractivity contribution in [2.75, 3.05) is 18.4 Å². The first kappa shape index (κ1) is 28.2. The van der Waals surface area contributed by atoms with E-state index < -0.39 is 10.0 Å². The molecular formula is C27H35N5O4S2. The summed E-state index contributed by atoms with van der Waals surface area (Å²) in [4.78, 5) is 24.3. The van der Waals surface area contributed by atoms with E-state index in [4.69, 9.17) is 9.88 Å². The summed E-state index contributed by atoms with van der Waals surface area (Å²) >= 11 is 1.36. The number of Topliss-reactive ketones (excluding diaryl/α,β-unsaturated/α-hetero) is 1. The maximum atomic E-state index is 12.8. The second-order valence-corrected chi connectivity index (χ2v) is 12.6. The fourth-order valence-electron chi connectivity index (χ4n) is 4.47. The Morgan fingerprint density at radius 1 is 1.18 bits per heavy atom. The highest BCUT2D eigenvalue weighted by atomic mass is 32.2.